The lowest BCUT2D eigenvalue weighted by molar-refractivity contribution is -0.156. The van der Waals surface area contributed by atoms with Crippen LogP contribution in [0.5, 0.6) is 0 Å². The molecule has 0 radical (unpaired) electrons. The smallest absolute Gasteiger partial charge is 0.330 e. The number of hydrogen-bond acceptors (Lipinski definition) is 5. The summed E-state index contributed by atoms with van der Waals surface area (Å²) in [6, 6.07) is 5.53. The van der Waals surface area contributed by atoms with Gasteiger partial charge in [-0.3, -0.25) is 0 Å². The first-order valence-corrected chi connectivity index (χ1v) is 7.01. The van der Waals surface area contributed by atoms with E-state index in [9.17, 15) is 4.79 Å². The molecule has 0 amide bonds. The van der Waals surface area contributed by atoms with Crippen LogP contribution in [0, 0.1) is 6.92 Å². The molecule has 0 saturated carbocycles. The molecule has 1 unspecified atom stereocenters. The minimum atomic E-state index is -0.472. The fourth-order valence-corrected chi connectivity index (χ4v) is 2.25. The summed E-state index contributed by atoms with van der Waals surface area (Å²) in [5.41, 5.74) is 0.476. The second kappa shape index (κ2) is 5.79. The van der Waals surface area contributed by atoms with Crippen LogP contribution in [0.2, 0.25) is 0 Å². The van der Waals surface area contributed by atoms with E-state index in [2.05, 4.69) is 10.3 Å². The van der Waals surface area contributed by atoms with Gasteiger partial charge in [-0.2, -0.15) is 0 Å². The fraction of sp³-hybridized carbons (Fsp3) is 0.600. The van der Waals surface area contributed by atoms with E-state index < -0.39 is 5.60 Å². The summed E-state index contributed by atoms with van der Waals surface area (Å²) in [5.74, 6) is 0.635. The van der Waals surface area contributed by atoms with E-state index in [0.717, 1.165) is 24.6 Å². The number of rotatable bonds is 2. The van der Waals surface area contributed by atoms with Crippen LogP contribution in [-0.2, 0) is 9.53 Å². The Bertz CT molecular complexity index is 482. The second-order valence-corrected chi connectivity index (χ2v) is 6.08. The maximum Gasteiger partial charge on any atom is 0.330 e. The molecule has 0 aliphatic carbocycles. The second-order valence-electron chi connectivity index (χ2n) is 6.08. The lowest BCUT2D eigenvalue weighted by atomic mass is 10.1. The standard InChI is InChI=1S/C15H23N3O2/c1-11-6-5-7-13(17-11)18-9-8-16-10-12(18)14(19)20-15(2,3)4/h5-7,12,16H,8-10H2,1-4H3. The molecule has 1 atom stereocenters. The van der Waals surface area contributed by atoms with E-state index >= 15 is 0 Å². The van der Waals surface area contributed by atoms with Gasteiger partial charge in [0, 0.05) is 25.3 Å². The molecule has 2 rings (SSSR count). The Morgan fingerprint density at radius 1 is 1.45 bits per heavy atom. The number of carbonyl (C=O) groups is 1. The molecule has 5 heteroatoms. The molecule has 110 valence electrons. The number of pyridine rings is 1. The van der Waals surface area contributed by atoms with Gasteiger partial charge in [0.15, 0.2) is 0 Å². The van der Waals surface area contributed by atoms with E-state index in [0.29, 0.717) is 6.54 Å². The first-order valence-electron chi connectivity index (χ1n) is 7.01. The zero-order valence-corrected chi connectivity index (χ0v) is 12.6. The normalized spacial score (nSPS) is 19.8. The molecule has 2 heterocycles. The van der Waals surface area contributed by atoms with Gasteiger partial charge in [-0.15, -0.1) is 0 Å². The van der Waals surface area contributed by atoms with Gasteiger partial charge in [0.05, 0.1) is 0 Å². The molecule has 20 heavy (non-hydrogen) atoms. The highest BCUT2D eigenvalue weighted by Gasteiger charge is 2.33. The molecule has 1 N–H and O–H groups in total. The van der Waals surface area contributed by atoms with Gasteiger partial charge >= 0.3 is 5.97 Å². The maximum absolute atomic E-state index is 12.4. The van der Waals surface area contributed by atoms with Crippen LogP contribution in [0.3, 0.4) is 0 Å². The van der Waals surface area contributed by atoms with Crippen LogP contribution in [0.4, 0.5) is 5.82 Å². The molecular weight excluding hydrogens is 254 g/mol. The Hall–Kier alpha value is -1.62. The van der Waals surface area contributed by atoms with Gasteiger partial charge < -0.3 is 15.0 Å². The SMILES string of the molecule is Cc1cccc(N2CCNCC2C(=O)OC(C)(C)C)n1. The molecular formula is C15H23N3O2. The number of nitrogens with one attached hydrogen (secondary N) is 1. The van der Waals surface area contributed by atoms with Crippen LogP contribution >= 0.6 is 0 Å². The van der Waals surface area contributed by atoms with Crippen LogP contribution in [0.25, 0.3) is 0 Å². The van der Waals surface area contributed by atoms with E-state index in [1.165, 1.54) is 0 Å². The maximum atomic E-state index is 12.4. The van der Waals surface area contributed by atoms with Crippen molar-refractivity contribution in [2.75, 3.05) is 24.5 Å². The van der Waals surface area contributed by atoms with Crippen molar-refractivity contribution in [1.82, 2.24) is 10.3 Å². The highest BCUT2D eigenvalue weighted by atomic mass is 16.6. The van der Waals surface area contributed by atoms with Gasteiger partial charge in [-0.25, -0.2) is 9.78 Å². The van der Waals surface area contributed by atoms with E-state index in [4.69, 9.17) is 4.74 Å². The van der Waals surface area contributed by atoms with E-state index in [-0.39, 0.29) is 12.0 Å². The largest absolute Gasteiger partial charge is 0.458 e. The number of hydrogen-bond donors (Lipinski definition) is 1. The van der Waals surface area contributed by atoms with Crippen molar-refractivity contribution in [2.24, 2.45) is 0 Å². The van der Waals surface area contributed by atoms with Gasteiger partial charge in [0.2, 0.25) is 0 Å². The number of carbonyl (C=O) groups excluding carboxylic acids is 1. The third kappa shape index (κ3) is 3.70. The summed E-state index contributed by atoms with van der Waals surface area (Å²) in [6.07, 6.45) is 0. The zero-order chi connectivity index (χ0) is 14.8. The Morgan fingerprint density at radius 2 is 2.20 bits per heavy atom. The Kier molecular flexibility index (Phi) is 4.28. The minimum absolute atomic E-state index is 0.201. The molecule has 1 aromatic rings. The number of esters is 1. The first kappa shape index (κ1) is 14.8. The van der Waals surface area contributed by atoms with Crippen molar-refractivity contribution < 1.29 is 9.53 Å². The average molecular weight is 277 g/mol. The third-order valence-electron chi connectivity index (χ3n) is 3.09. The summed E-state index contributed by atoms with van der Waals surface area (Å²) in [6.45, 7) is 9.79. The molecule has 0 spiro atoms. The van der Waals surface area contributed by atoms with Gasteiger partial charge in [0.25, 0.3) is 0 Å². The molecule has 0 aromatic carbocycles. The fourth-order valence-electron chi connectivity index (χ4n) is 2.25. The molecule has 5 nitrogen and oxygen atoms in total. The van der Waals surface area contributed by atoms with Crippen LogP contribution in [0.1, 0.15) is 26.5 Å². The predicted molar refractivity (Wildman–Crippen MR) is 78.8 cm³/mol. The number of nitrogens with zero attached hydrogens (tertiary/aromatic N) is 2. The van der Waals surface area contributed by atoms with Gasteiger partial charge in [-0.05, 0) is 39.8 Å². The minimum Gasteiger partial charge on any atom is -0.458 e. The molecule has 1 fully saturated rings. The van der Waals surface area contributed by atoms with E-state index in [1.807, 2.05) is 50.8 Å². The molecule has 1 aromatic heterocycles. The molecule has 1 aliphatic heterocycles. The lowest BCUT2D eigenvalue weighted by Crippen LogP contribution is -2.56. The molecule has 1 saturated heterocycles. The van der Waals surface area contributed by atoms with E-state index in [1.54, 1.807) is 0 Å². The highest BCUT2D eigenvalue weighted by molar-refractivity contribution is 5.80. The predicted octanol–water partition coefficient (Wildman–Crippen LogP) is 1.51. The van der Waals surface area contributed by atoms with Crippen molar-refractivity contribution >= 4 is 11.8 Å². The number of aromatic nitrogens is 1. The molecule has 0 bridgehead atoms. The monoisotopic (exact) mass is 277 g/mol. The quantitative estimate of drug-likeness (QED) is 0.831. The summed E-state index contributed by atoms with van der Waals surface area (Å²) in [4.78, 5) is 18.9. The summed E-state index contributed by atoms with van der Waals surface area (Å²) >= 11 is 0. The number of aryl methyl sites for hydroxylation is 1. The van der Waals surface area contributed by atoms with Gasteiger partial charge in [0.1, 0.15) is 17.5 Å². The van der Waals surface area contributed by atoms with Crippen LogP contribution in [-0.4, -0.2) is 42.2 Å². The first-order chi connectivity index (χ1) is 9.37. The summed E-state index contributed by atoms with van der Waals surface area (Å²) in [5, 5.41) is 3.25. The van der Waals surface area contributed by atoms with Crippen molar-refractivity contribution in [3.05, 3.63) is 23.9 Å². The van der Waals surface area contributed by atoms with Crippen LogP contribution < -0.4 is 10.2 Å². The topological polar surface area (TPSA) is 54.5 Å². The zero-order valence-electron chi connectivity index (χ0n) is 12.6. The highest BCUT2D eigenvalue weighted by Crippen LogP contribution is 2.19. The average Bonchev–Trinajstić information content (AvgIpc) is 2.37. The van der Waals surface area contributed by atoms with Gasteiger partial charge in [-0.1, -0.05) is 6.07 Å². The Morgan fingerprint density at radius 3 is 2.85 bits per heavy atom. The Balaban J connectivity index is 2.19. The summed E-state index contributed by atoms with van der Waals surface area (Å²) in [7, 11) is 0. The lowest BCUT2D eigenvalue weighted by Gasteiger charge is -2.37. The van der Waals surface area contributed by atoms with Crippen molar-refractivity contribution in [1.29, 1.82) is 0 Å². The van der Waals surface area contributed by atoms with Crippen LogP contribution in [0.15, 0.2) is 18.2 Å². The van der Waals surface area contributed by atoms with Crippen molar-refractivity contribution in [2.45, 2.75) is 39.3 Å². The number of piperazine rings is 1. The van der Waals surface area contributed by atoms with Crippen molar-refractivity contribution in [3.63, 3.8) is 0 Å². The third-order valence-corrected chi connectivity index (χ3v) is 3.09. The number of ether oxygens (including phenoxy) is 1. The Labute approximate surface area is 120 Å². The summed E-state index contributed by atoms with van der Waals surface area (Å²) < 4.78 is 5.51. The number of anilines is 1. The van der Waals surface area contributed by atoms with Crippen molar-refractivity contribution in [3.8, 4) is 0 Å². The molecule has 1 aliphatic rings.